The van der Waals surface area contributed by atoms with Crippen molar-refractivity contribution in [1.29, 1.82) is 0 Å². The van der Waals surface area contributed by atoms with Gasteiger partial charge in [0.1, 0.15) is 0 Å². The SMILES string of the molecule is CCCc1ccc(NC2C3CC4CC(C3)CC2C4)cc1. The first-order valence-electron chi connectivity index (χ1n) is 8.67. The summed E-state index contributed by atoms with van der Waals surface area (Å²) >= 11 is 0. The molecule has 0 atom stereocenters. The molecule has 1 aromatic carbocycles. The van der Waals surface area contributed by atoms with E-state index >= 15 is 0 Å². The summed E-state index contributed by atoms with van der Waals surface area (Å²) in [5.74, 6) is 4.06. The quantitative estimate of drug-likeness (QED) is 0.821. The molecule has 20 heavy (non-hydrogen) atoms. The van der Waals surface area contributed by atoms with E-state index in [1.807, 2.05) is 0 Å². The van der Waals surface area contributed by atoms with Crippen molar-refractivity contribution in [2.75, 3.05) is 5.32 Å². The maximum absolute atomic E-state index is 3.89. The van der Waals surface area contributed by atoms with E-state index < -0.39 is 0 Å². The van der Waals surface area contributed by atoms with Crippen molar-refractivity contribution in [3.8, 4) is 0 Å². The standard InChI is InChI=1S/C19H27N/c1-2-3-13-4-6-18(7-5-13)20-19-16-9-14-8-15(11-16)12-17(19)10-14/h4-7,14-17,19-20H,2-3,8-12H2,1H3. The summed E-state index contributed by atoms with van der Waals surface area (Å²) in [6, 6.07) is 9.98. The highest BCUT2D eigenvalue weighted by molar-refractivity contribution is 5.46. The molecule has 108 valence electrons. The van der Waals surface area contributed by atoms with Gasteiger partial charge in [0, 0.05) is 11.7 Å². The summed E-state index contributed by atoms with van der Waals surface area (Å²) in [5, 5.41) is 3.89. The normalized spacial score (nSPS) is 38.1. The molecule has 0 heterocycles. The minimum atomic E-state index is 0.764. The largest absolute Gasteiger partial charge is 0.382 e. The summed E-state index contributed by atoms with van der Waals surface area (Å²) in [6.45, 7) is 2.25. The molecule has 0 aromatic heterocycles. The fourth-order valence-corrected chi connectivity index (χ4v) is 5.41. The Labute approximate surface area is 123 Å². The third-order valence-electron chi connectivity index (χ3n) is 6.05. The van der Waals surface area contributed by atoms with E-state index in [2.05, 4.69) is 36.5 Å². The number of hydrogen-bond donors (Lipinski definition) is 1. The number of rotatable bonds is 4. The Morgan fingerprint density at radius 1 is 0.900 bits per heavy atom. The van der Waals surface area contributed by atoms with Gasteiger partial charge < -0.3 is 5.32 Å². The van der Waals surface area contributed by atoms with Crippen molar-refractivity contribution in [3.63, 3.8) is 0 Å². The molecule has 0 amide bonds. The van der Waals surface area contributed by atoms with Crippen LogP contribution in [0.2, 0.25) is 0 Å². The first-order chi connectivity index (χ1) is 9.81. The zero-order valence-electron chi connectivity index (χ0n) is 12.6. The third kappa shape index (κ3) is 2.25. The van der Waals surface area contributed by atoms with Gasteiger partial charge in [0.05, 0.1) is 0 Å². The van der Waals surface area contributed by atoms with E-state index in [0.717, 1.165) is 29.7 Å². The van der Waals surface area contributed by atoms with Crippen molar-refractivity contribution in [2.45, 2.75) is 57.9 Å². The second-order valence-electron chi connectivity index (χ2n) is 7.55. The zero-order valence-corrected chi connectivity index (χ0v) is 12.6. The molecule has 0 radical (unpaired) electrons. The van der Waals surface area contributed by atoms with Gasteiger partial charge in [0.15, 0.2) is 0 Å². The van der Waals surface area contributed by atoms with Crippen LogP contribution in [0, 0.1) is 23.7 Å². The van der Waals surface area contributed by atoms with E-state index in [1.165, 1.54) is 49.8 Å². The van der Waals surface area contributed by atoms with Crippen LogP contribution < -0.4 is 5.32 Å². The zero-order chi connectivity index (χ0) is 13.5. The van der Waals surface area contributed by atoms with Crippen LogP contribution in [-0.4, -0.2) is 6.04 Å². The summed E-state index contributed by atoms with van der Waals surface area (Å²) in [5.41, 5.74) is 2.82. The molecule has 1 nitrogen and oxygen atoms in total. The molecule has 0 aliphatic heterocycles. The number of benzene rings is 1. The van der Waals surface area contributed by atoms with E-state index in [9.17, 15) is 0 Å². The molecule has 4 fully saturated rings. The molecule has 1 N–H and O–H groups in total. The van der Waals surface area contributed by atoms with Gasteiger partial charge >= 0.3 is 0 Å². The van der Waals surface area contributed by atoms with E-state index in [1.54, 1.807) is 6.42 Å². The molecule has 1 aromatic rings. The predicted octanol–water partition coefficient (Wildman–Crippen LogP) is 4.88. The van der Waals surface area contributed by atoms with E-state index in [-0.39, 0.29) is 0 Å². The molecule has 0 spiro atoms. The molecule has 4 bridgehead atoms. The summed E-state index contributed by atoms with van der Waals surface area (Å²) in [7, 11) is 0. The highest BCUT2D eigenvalue weighted by Crippen LogP contribution is 2.54. The number of aryl methyl sites for hydroxylation is 1. The molecule has 4 saturated carbocycles. The fraction of sp³-hybridized carbons (Fsp3) is 0.684. The fourth-order valence-electron chi connectivity index (χ4n) is 5.41. The summed E-state index contributed by atoms with van der Waals surface area (Å²) < 4.78 is 0. The van der Waals surface area contributed by atoms with Crippen molar-refractivity contribution in [1.82, 2.24) is 0 Å². The second-order valence-corrected chi connectivity index (χ2v) is 7.55. The third-order valence-corrected chi connectivity index (χ3v) is 6.05. The Hall–Kier alpha value is -0.980. The van der Waals surface area contributed by atoms with Crippen LogP contribution in [0.25, 0.3) is 0 Å². The van der Waals surface area contributed by atoms with Crippen LogP contribution in [-0.2, 0) is 6.42 Å². The van der Waals surface area contributed by atoms with Crippen LogP contribution in [0.15, 0.2) is 24.3 Å². The second kappa shape index (κ2) is 5.09. The Bertz CT molecular complexity index is 433. The average molecular weight is 269 g/mol. The van der Waals surface area contributed by atoms with Crippen molar-refractivity contribution < 1.29 is 0 Å². The van der Waals surface area contributed by atoms with Crippen molar-refractivity contribution >= 4 is 5.69 Å². The molecule has 0 saturated heterocycles. The van der Waals surface area contributed by atoms with Gasteiger partial charge in [-0.3, -0.25) is 0 Å². The number of anilines is 1. The number of hydrogen-bond acceptors (Lipinski definition) is 1. The van der Waals surface area contributed by atoms with E-state index in [4.69, 9.17) is 0 Å². The smallest absolute Gasteiger partial charge is 0.0342 e. The van der Waals surface area contributed by atoms with Gasteiger partial charge in [0.2, 0.25) is 0 Å². The molecular weight excluding hydrogens is 242 g/mol. The first kappa shape index (κ1) is 12.7. The van der Waals surface area contributed by atoms with Crippen LogP contribution in [0.3, 0.4) is 0 Å². The lowest BCUT2D eigenvalue weighted by atomic mass is 9.54. The molecular formula is C19H27N. The lowest BCUT2D eigenvalue weighted by Crippen LogP contribution is -2.51. The van der Waals surface area contributed by atoms with Gasteiger partial charge in [-0.2, -0.15) is 0 Å². The maximum Gasteiger partial charge on any atom is 0.0342 e. The Kier molecular flexibility index (Phi) is 3.24. The van der Waals surface area contributed by atoms with Crippen LogP contribution in [0.1, 0.15) is 51.0 Å². The summed E-state index contributed by atoms with van der Waals surface area (Å²) in [6.07, 6.45) is 9.99. The molecule has 4 aliphatic carbocycles. The van der Waals surface area contributed by atoms with Crippen molar-refractivity contribution in [2.24, 2.45) is 23.7 Å². The molecule has 0 unspecified atom stereocenters. The lowest BCUT2D eigenvalue weighted by molar-refractivity contribution is 0.00754. The Morgan fingerprint density at radius 2 is 1.50 bits per heavy atom. The topological polar surface area (TPSA) is 12.0 Å². The molecule has 5 rings (SSSR count). The monoisotopic (exact) mass is 269 g/mol. The van der Waals surface area contributed by atoms with Crippen LogP contribution >= 0.6 is 0 Å². The Morgan fingerprint density at radius 3 is 2.05 bits per heavy atom. The average Bonchev–Trinajstić information content (AvgIpc) is 2.44. The highest BCUT2D eigenvalue weighted by atomic mass is 14.9. The predicted molar refractivity (Wildman–Crippen MR) is 84.9 cm³/mol. The van der Waals surface area contributed by atoms with Gasteiger partial charge in [-0.05, 0) is 79.9 Å². The minimum Gasteiger partial charge on any atom is -0.382 e. The van der Waals surface area contributed by atoms with Gasteiger partial charge in [0.25, 0.3) is 0 Å². The van der Waals surface area contributed by atoms with Crippen LogP contribution in [0.5, 0.6) is 0 Å². The number of nitrogens with one attached hydrogen (secondary N) is 1. The van der Waals surface area contributed by atoms with Crippen molar-refractivity contribution in [3.05, 3.63) is 29.8 Å². The maximum atomic E-state index is 3.89. The van der Waals surface area contributed by atoms with Gasteiger partial charge in [-0.15, -0.1) is 0 Å². The van der Waals surface area contributed by atoms with E-state index in [0.29, 0.717) is 0 Å². The Balaban J connectivity index is 1.46. The first-order valence-corrected chi connectivity index (χ1v) is 8.67. The molecule has 4 aliphatic rings. The lowest BCUT2D eigenvalue weighted by Gasteiger charge is -2.54. The van der Waals surface area contributed by atoms with Gasteiger partial charge in [-0.1, -0.05) is 25.5 Å². The van der Waals surface area contributed by atoms with Gasteiger partial charge in [-0.25, -0.2) is 0 Å². The van der Waals surface area contributed by atoms with Crippen LogP contribution in [0.4, 0.5) is 5.69 Å². The summed E-state index contributed by atoms with van der Waals surface area (Å²) in [4.78, 5) is 0. The highest BCUT2D eigenvalue weighted by Gasteiger charge is 2.48. The molecule has 1 heteroatoms. The minimum absolute atomic E-state index is 0.764.